The zero-order valence-electron chi connectivity index (χ0n) is 14.0. The number of thiophene rings is 1. The van der Waals surface area contributed by atoms with Crippen molar-refractivity contribution in [3.63, 3.8) is 0 Å². The summed E-state index contributed by atoms with van der Waals surface area (Å²) in [6, 6.07) is 4.31. The number of pyridine rings is 1. The van der Waals surface area contributed by atoms with Crippen LogP contribution in [0.1, 0.15) is 18.4 Å². The molecule has 2 aromatic rings. The summed E-state index contributed by atoms with van der Waals surface area (Å²) in [7, 11) is 0. The van der Waals surface area contributed by atoms with Crippen LogP contribution in [0.4, 0.5) is 0 Å². The third-order valence-electron chi connectivity index (χ3n) is 5.05. The van der Waals surface area contributed by atoms with Gasteiger partial charge in [0, 0.05) is 38.9 Å². The van der Waals surface area contributed by atoms with Crippen molar-refractivity contribution in [2.24, 2.45) is 0 Å². The van der Waals surface area contributed by atoms with Gasteiger partial charge in [-0.1, -0.05) is 0 Å². The Morgan fingerprint density at radius 2 is 1.88 bits per heavy atom. The molecule has 1 amide bonds. The van der Waals surface area contributed by atoms with Crippen molar-refractivity contribution in [3.05, 3.63) is 29.3 Å². The standard InChI is InChI=1S/C18H24N4OS/c23-18(14-20-4-1-2-5-20)22-8-6-21(7-9-22)13-15-11-17-16(19-12-15)3-10-24-17/h3,10-12H,1-2,4-9,13-14H2. The lowest BCUT2D eigenvalue weighted by molar-refractivity contribution is -0.134. The normalized spacial score (nSPS) is 20.1. The average Bonchev–Trinajstić information content (AvgIpc) is 3.26. The van der Waals surface area contributed by atoms with Crippen molar-refractivity contribution >= 4 is 27.5 Å². The summed E-state index contributed by atoms with van der Waals surface area (Å²) in [5.41, 5.74) is 2.35. The highest BCUT2D eigenvalue weighted by Crippen LogP contribution is 2.20. The molecule has 0 unspecified atom stereocenters. The Morgan fingerprint density at radius 1 is 1.08 bits per heavy atom. The molecule has 0 spiro atoms. The fourth-order valence-electron chi connectivity index (χ4n) is 3.62. The van der Waals surface area contributed by atoms with Crippen LogP contribution in [0.25, 0.3) is 10.2 Å². The number of fused-ring (bicyclic) bond motifs is 1. The van der Waals surface area contributed by atoms with Gasteiger partial charge >= 0.3 is 0 Å². The molecule has 0 atom stereocenters. The Labute approximate surface area is 146 Å². The Balaban J connectivity index is 1.28. The fourth-order valence-corrected chi connectivity index (χ4v) is 4.42. The summed E-state index contributed by atoms with van der Waals surface area (Å²) in [5.74, 6) is 0.304. The van der Waals surface area contributed by atoms with Gasteiger partial charge in [0.25, 0.3) is 0 Å². The number of piperazine rings is 1. The van der Waals surface area contributed by atoms with E-state index in [1.54, 1.807) is 11.3 Å². The van der Waals surface area contributed by atoms with Crippen LogP contribution in [0.5, 0.6) is 0 Å². The van der Waals surface area contributed by atoms with E-state index in [1.165, 1.54) is 23.1 Å². The van der Waals surface area contributed by atoms with Gasteiger partial charge < -0.3 is 4.90 Å². The molecule has 2 saturated heterocycles. The van der Waals surface area contributed by atoms with Gasteiger partial charge in [0.1, 0.15) is 0 Å². The maximum Gasteiger partial charge on any atom is 0.236 e. The minimum atomic E-state index is 0.304. The molecule has 0 N–H and O–H groups in total. The number of rotatable bonds is 4. The molecule has 4 rings (SSSR count). The molecule has 0 aromatic carbocycles. The van der Waals surface area contributed by atoms with Gasteiger partial charge in [-0.2, -0.15) is 0 Å². The second-order valence-electron chi connectivity index (χ2n) is 6.79. The van der Waals surface area contributed by atoms with Crippen LogP contribution in [0.15, 0.2) is 23.7 Å². The molecule has 2 aliphatic heterocycles. The number of hydrogen-bond donors (Lipinski definition) is 0. The van der Waals surface area contributed by atoms with E-state index >= 15 is 0 Å². The first-order valence-electron chi connectivity index (χ1n) is 8.82. The van der Waals surface area contributed by atoms with Crippen molar-refractivity contribution in [1.29, 1.82) is 0 Å². The molecule has 0 radical (unpaired) electrons. The van der Waals surface area contributed by atoms with Crippen molar-refractivity contribution in [1.82, 2.24) is 19.7 Å². The lowest BCUT2D eigenvalue weighted by Gasteiger charge is -2.35. The van der Waals surface area contributed by atoms with Crippen molar-refractivity contribution in [2.75, 3.05) is 45.8 Å². The van der Waals surface area contributed by atoms with Gasteiger partial charge in [0.05, 0.1) is 16.8 Å². The average molecular weight is 344 g/mol. The summed E-state index contributed by atoms with van der Waals surface area (Å²) >= 11 is 1.74. The molecule has 2 aromatic heterocycles. The molecule has 2 fully saturated rings. The first-order valence-corrected chi connectivity index (χ1v) is 9.70. The number of hydrogen-bond acceptors (Lipinski definition) is 5. The van der Waals surface area contributed by atoms with E-state index in [1.807, 2.05) is 11.1 Å². The van der Waals surface area contributed by atoms with E-state index in [2.05, 4.69) is 32.3 Å². The van der Waals surface area contributed by atoms with Crippen LogP contribution in [-0.2, 0) is 11.3 Å². The van der Waals surface area contributed by atoms with E-state index in [-0.39, 0.29) is 0 Å². The zero-order valence-corrected chi connectivity index (χ0v) is 14.8. The first kappa shape index (κ1) is 16.0. The van der Waals surface area contributed by atoms with E-state index in [0.717, 1.165) is 51.3 Å². The Bertz CT molecular complexity index is 702. The molecule has 2 aliphatic rings. The highest BCUT2D eigenvalue weighted by atomic mass is 32.1. The monoisotopic (exact) mass is 344 g/mol. The lowest BCUT2D eigenvalue weighted by atomic mass is 10.2. The van der Waals surface area contributed by atoms with Crippen molar-refractivity contribution in [3.8, 4) is 0 Å². The molecule has 0 bridgehead atoms. The SMILES string of the molecule is O=C(CN1CCCC1)N1CCN(Cc2cnc3ccsc3c2)CC1. The number of carbonyl (C=O) groups excluding carboxylic acids is 1. The third kappa shape index (κ3) is 3.61. The third-order valence-corrected chi connectivity index (χ3v) is 5.90. The maximum atomic E-state index is 12.4. The second kappa shape index (κ2) is 7.17. The summed E-state index contributed by atoms with van der Waals surface area (Å²) in [5, 5.41) is 2.09. The van der Waals surface area contributed by atoms with Gasteiger partial charge in [0.2, 0.25) is 5.91 Å². The summed E-state index contributed by atoms with van der Waals surface area (Å²) < 4.78 is 1.26. The summed E-state index contributed by atoms with van der Waals surface area (Å²) in [4.78, 5) is 23.7. The number of carbonyl (C=O) groups is 1. The molecule has 0 aliphatic carbocycles. The smallest absolute Gasteiger partial charge is 0.236 e. The predicted octanol–water partition coefficient (Wildman–Crippen LogP) is 2.04. The number of aromatic nitrogens is 1. The molecule has 6 heteroatoms. The minimum Gasteiger partial charge on any atom is -0.339 e. The molecule has 5 nitrogen and oxygen atoms in total. The van der Waals surface area contributed by atoms with Crippen molar-refractivity contribution in [2.45, 2.75) is 19.4 Å². The van der Waals surface area contributed by atoms with Gasteiger partial charge in [-0.3, -0.25) is 19.6 Å². The Hall–Kier alpha value is -1.50. The molecular weight excluding hydrogens is 320 g/mol. The van der Waals surface area contributed by atoms with E-state index in [9.17, 15) is 4.79 Å². The molecule has 0 saturated carbocycles. The minimum absolute atomic E-state index is 0.304. The quantitative estimate of drug-likeness (QED) is 0.851. The molecule has 4 heterocycles. The van der Waals surface area contributed by atoms with Gasteiger partial charge in [-0.25, -0.2) is 0 Å². The van der Waals surface area contributed by atoms with Gasteiger partial charge in [0.15, 0.2) is 0 Å². The first-order chi connectivity index (χ1) is 11.8. The lowest BCUT2D eigenvalue weighted by Crippen LogP contribution is -2.50. The molecule has 24 heavy (non-hydrogen) atoms. The van der Waals surface area contributed by atoms with Crippen LogP contribution >= 0.6 is 11.3 Å². The zero-order chi connectivity index (χ0) is 16.4. The van der Waals surface area contributed by atoms with Crippen LogP contribution in [0.3, 0.4) is 0 Å². The van der Waals surface area contributed by atoms with E-state index in [0.29, 0.717) is 12.5 Å². The molecule has 128 valence electrons. The summed E-state index contributed by atoms with van der Waals surface area (Å²) in [6.07, 6.45) is 4.47. The Morgan fingerprint density at radius 3 is 2.67 bits per heavy atom. The number of nitrogens with zero attached hydrogens (tertiary/aromatic N) is 4. The van der Waals surface area contributed by atoms with Crippen LogP contribution in [0.2, 0.25) is 0 Å². The van der Waals surface area contributed by atoms with Crippen LogP contribution in [-0.4, -0.2) is 71.4 Å². The van der Waals surface area contributed by atoms with Crippen LogP contribution in [0, 0.1) is 0 Å². The highest BCUT2D eigenvalue weighted by molar-refractivity contribution is 7.17. The van der Waals surface area contributed by atoms with E-state index < -0.39 is 0 Å². The number of amides is 1. The largest absolute Gasteiger partial charge is 0.339 e. The second-order valence-corrected chi connectivity index (χ2v) is 7.74. The Kier molecular flexibility index (Phi) is 4.78. The van der Waals surface area contributed by atoms with Crippen LogP contribution < -0.4 is 0 Å². The van der Waals surface area contributed by atoms with Gasteiger partial charge in [-0.15, -0.1) is 11.3 Å². The topological polar surface area (TPSA) is 39.7 Å². The van der Waals surface area contributed by atoms with Gasteiger partial charge in [-0.05, 0) is 49.0 Å². The number of likely N-dealkylation sites (tertiary alicyclic amines) is 1. The maximum absolute atomic E-state index is 12.4. The summed E-state index contributed by atoms with van der Waals surface area (Å²) in [6.45, 7) is 7.31. The highest BCUT2D eigenvalue weighted by Gasteiger charge is 2.23. The van der Waals surface area contributed by atoms with Crippen molar-refractivity contribution < 1.29 is 4.79 Å². The predicted molar refractivity (Wildman–Crippen MR) is 97.2 cm³/mol. The molecular formula is C18H24N4OS. The fraction of sp³-hybridized carbons (Fsp3) is 0.556. The van der Waals surface area contributed by atoms with E-state index in [4.69, 9.17) is 0 Å².